The number of carbonyl (C=O) groups is 2. The van der Waals surface area contributed by atoms with Gasteiger partial charge in [0.25, 0.3) is 5.91 Å². The zero-order chi connectivity index (χ0) is 19.2. The predicted molar refractivity (Wildman–Crippen MR) is 103 cm³/mol. The first-order valence-corrected chi connectivity index (χ1v) is 9.10. The quantitative estimate of drug-likeness (QED) is 0.698. The summed E-state index contributed by atoms with van der Waals surface area (Å²) in [5.41, 5.74) is 2.89. The molecule has 0 radical (unpaired) electrons. The van der Waals surface area contributed by atoms with E-state index in [0.717, 1.165) is 10.9 Å². The molecule has 0 atom stereocenters. The number of benzene rings is 2. The first-order valence-electron chi connectivity index (χ1n) is 9.10. The number of nitrogens with one attached hydrogen (secondary N) is 1. The van der Waals surface area contributed by atoms with Crippen LogP contribution in [0.3, 0.4) is 0 Å². The van der Waals surface area contributed by atoms with Gasteiger partial charge < -0.3 is 14.7 Å². The number of nitrogens with zero attached hydrogens (tertiary/aromatic N) is 2. The van der Waals surface area contributed by atoms with Gasteiger partial charge >= 0.3 is 0 Å². The average molecular weight is 365 g/mol. The van der Waals surface area contributed by atoms with E-state index in [2.05, 4.69) is 10.5 Å². The third-order valence-corrected chi connectivity index (χ3v) is 4.52. The zero-order valence-electron chi connectivity index (χ0n) is 15.6. The smallest absolute Gasteiger partial charge is 0.253 e. The van der Waals surface area contributed by atoms with Crippen LogP contribution in [0.1, 0.15) is 35.5 Å². The fourth-order valence-corrected chi connectivity index (χ4v) is 2.94. The van der Waals surface area contributed by atoms with Gasteiger partial charge in [-0.2, -0.15) is 0 Å². The van der Waals surface area contributed by atoms with Crippen LogP contribution in [0.4, 0.5) is 0 Å². The second-order valence-corrected chi connectivity index (χ2v) is 6.25. The van der Waals surface area contributed by atoms with Gasteiger partial charge in [0, 0.05) is 30.6 Å². The molecule has 0 saturated heterocycles. The Bertz CT molecular complexity index is 927. The first kappa shape index (κ1) is 18.6. The van der Waals surface area contributed by atoms with E-state index in [1.165, 1.54) is 0 Å². The van der Waals surface area contributed by atoms with E-state index in [1.54, 1.807) is 17.0 Å². The molecule has 6 heteroatoms. The topological polar surface area (TPSA) is 75.4 Å². The van der Waals surface area contributed by atoms with Crippen molar-refractivity contribution in [2.24, 2.45) is 0 Å². The Labute approximate surface area is 158 Å². The first-order chi connectivity index (χ1) is 13.1. The molecular formula is C21H23N3O3. The number of carbonyl (C=O) groups excluding carboxylic acids is 2. The molecule has 2 amide bonds. The van der Waals surface area contributed by atoms with Crippen molar-refractivity contribution in [1.29, 1.82) is 0 Å². The molecule has 1 aromatic heterocycles. The molecule has 0 aliphatic heterocycles. The number of hydrogen-bond acceptors (Lipinski definition) is 4. The Morgan fingerprint density at radius 2 is 1.74 bits per heavy atom. The van der Waals surface area contributed by atoms with Gasteiger partial charge in [0.05, 0.1) is 6.42 Å². The zero-order valence-corrected chi connectivity index (χ0v) is 15.6. The van der Waals surface area contributed by atoms with Gasteiger partial charge in [-0.3, -0.25) is 9.59 Å². The third-order valence-electron chi connectivity index (χ3n) is 4.52. The normalized spacial score (nSPS) is 10.7. The molecule has 0 bridgehead atoms. The molecule has 0 saturated carbocycles. The lowest BCUT2D eigenvalue weighted by molar-refractivity contribution is -0.120. The average Bonchev–Trinajstić information content (AvgIpc) is 3.10. The van der Waals surface area contributed by atoms with Crippen molar-refractivity contribution >= 4 is 22.8 Å². The molecular weight excluding hydrogens is 342 g/mol. The van der Waals surface area contributed by atoms with Gasteiger partial charge in [-0.1, -0.05) is 29.4 Å². The fourth-order valence-electron chi connectivity index (χ4n) is 2.94. The summed E-state index contributed by atoms with van der Waals surface area (Å²) in [6, 6.07) is 14.8. The molecule has 6 nitrogen and oxygen atoms in total. The second kappa shape index (κ2) is 8.49. The van der Waals surface area contributed by atoms with Crippen LogP contribution in [-0.2, 0) is 17.8 Å². The fraction of sp³-hybridized carbons (Fsp3) is 0.286. The summed E-state index contributed by atoms with van der Waals surface area (Å²) < 4.78 is 5.22. The van der Waals surface area contributed by atoms with Gasteiger partial charge in [0.2, 0.25) is 5.91 Å². The third kappa shape index (κ3) is 4.34. The molecule has 1 N–H and O–H groups in total. The predicted octanol–water partition coefficient (Wildman–Crippen LogP) is 3.17. The molecule has 140 valence electrons. The van der Waals surface area contributed by atoms with Gasteiger partial charge in [0.1, 0.15) is 5.69 Å². The summed E-state index contributed by atoms with van der Waals surface area (Å²) >= 11 is 0. The Morgan fingerprint density at radius 1 is 1.04 bits per heavy atom. The van der Waals surface area contributed by atoms with Crippen molar-refractivity contribution in [3.63, 3.8) is 0 Å². The van der Waals surface area contributed by atoms with Crippen LogP contribution < -0.4 is 5.32 Å². The highest BCUT2D eigenvalue weighted by Gasteiger charge is 2.13. The largest absolute Gasteiger partial charge is 0.356 e. The highest BCUT2D eigenvalue weighted by molar-refractivity contribution is 5.94. The Hall–Kier alpha value is -3.15. The standard InChI is InChI=1S/C21H23N3O3/c1-3-24(4-2)21(26)16-11-9-15(10-12-16)14-22-20(25)13-18-17-7-5-6-8-19(17)27-23-18/h5-12H,3-4,13-14H2,1-2H3,(H,22,25). The van der Waals surface area contributed by atoms with Crippen LogP contribution >= 0.6 is 0 Å². The van der Waals surface area contributed by atoms with E-state index in [9.17, 15) is 9.59 Å². The number of hydrogen-bond donors (Lipinski definition) is 1. The van der Waals surface area contributed by atoms with Crippen molar-refractivity contribution < 1.29 is 14.1 Å². The van der Waals surface area contributed by atoms with Crippen molar-refractivity contribution in [1.82, 2.24) is 15.4 Å². The lowest BCUT2D eigenvalue weighted by atomic mass is 10.1. The Kier molecular flexibility index (Phi) is 5.86. The van der Waals surface area contributed by atoms with Crippen molar-refractivity contribution in [2.75, 3.05) is 13.1 Å². The molecule has 0 unspecified atom stereocenters. The SMILES string of the molecule is CCN(CC)C(=O)c1ccc(CNC(=O)Cc2noc3ccccc23)cc1. The van der Waals surface area contributed by atoms with Crippen LogP contribution in [0.2, 0.25) is 0 Å². The summed E-state index contributed by atoms with van der Waals surface area (Å²) in [4.78, 5) is 26.3. The van der Waals surface area contributed by atoms with Crippen LogP contribution in [0.15, 0.2) is 53.1 Å². The maximum absolute atomic E-state index is 12.3. The lowest BCUT2D eigenvalue weighted by Crippen LogP contribution is -2.30. The number of amides is 2. The highest BCUT2D eigenvalue weighted by Crippen LogP contribution is 2.18. The summed E-state index contributed by atoms with van der Waals surface area (Å²) in [6.45, 7) is 5.69. The van der Waals surface area contributed by atoms with E-state index in [-0.39, 0.29) is 18.2 Å². The highest BCUT2D eigenvalue weighted by atomic mass is 16.5. The van der Waals surface area contributed by atoms with E-state index in [0.29, 0.717) is 36.5 Å². The van der Waals surface area contributed by atoms with E-state index >= 15 is 0 Å². The molecule has 0 spiro atoms. The minimum absolute atomic E-state index is 0.0218. The van der Waals surface area contributed by atoms with E-state index in [4.69, 9.17) is 4.52 Å². The molecule has 2 aromatic carbocycles. The Morgan fingerprint density at radius 3 is 2.44 bits per heavy atom. The maximum Gasteiger partial charge on any atom is 0.253 e. The number of rotatable bonds is 7. The van der Waals surface area contributed by atoms with Crippen molar-refractivity contribution in [3.05, 3.63) is 65.4 Å². The van der Waals surface area contributed by atoms with Crippen molar-refractivity contribution in [2.45, 2.75) is 26.8 Å². The number of fused-ring (bicyclic) bond motifs is 1. The van der Waals surface area contributed by atoms with Gasteiger partial charge in [-0.25, -0.2) is 0 Å². The molecule has 0 fully saturated rings. The van der Waals surface area contributed by atoms with Gasteiger partial charge in [-0.05, 0) is 43.7 Å². The minimum Gasteiger partial charge on any atom is -0.356 e. The molecule has 3 aromatic rings. The van der Waals surface area contributed by atoms with E-state index in [1.807, 2.05) is 50.2 Å². The second-order valence-electron chi connectivity index (χ2n) is 6.25. The summed E-state index contributed by atoms with van der Waals surface area (Å²) in [5, 5.41) is 7.71. The molecule has 3 rings (SSSR count). The van der Waals surface area contributed by atoms with Gasteiger partial charge in [-0.15, -0.1) is 0 Å². The maximum atomic E-state index is 12.3. The molecule has 0 aliphatic carbocycles. The van der Waals surface area contributed by atoms with Crippen LogP contribution in [0.5, 0.6) is 0 Å². The summed E-state index contributed by atoms with van der Waals surface area (Å²) in [7, 11) is 0. The van der Waals surface area contributed by atoms with Gasteiger partial charge in [0.15, 0.2) is 5.58 Å². The number of para-hydroxylation sites is 1. The molecule has 1 heterocycles. The van der Waals surface area contributed by atoms with Crippen LogP contribution in [0.25, 0.3) is 11.0 Å². The summed E-state index contributed by atoms with van der Waals surface area (Å²) in [6.07, 6.45) is 0.162. The lowest BCUT2D eigenvalue weighted by Gasteiger charge is -2.18. The van der Waals surface area contributed by atoms with Crippen molar-refractivity contribution in [3.8, 4) is 0 Å². The number of aromatic nitrogens is 1. The summed E-state index contributed by atoms with van der Waals surface area (Å²) in [5.74, 6) is -0.106. The molecule has 27 heavy (non-hydrogen) atoms. The minimum atomic E-state index is -0.127. The molecule has 0 aliphatic rings. The van der Waals surface area contributed by atoms with E-state index < -0.39 is 0 Å². The van der Waals surface area contributed by atoms with Crippen LogP contribution in [-0.4, -0.2) is 35.0 Å². The van der Waals surface area contributed by atoms with Crippen LogP contribution in [0, 0.1) is 0 Å². The Balaban J connectivity index is 1.56. The monoisotopic (exact) mass is 365 g/mol.